The lowest BCUT2D eigenvalue weighted by Gasteiger charge is -2.11. The second-order valence-electron chi connectivity index (χ2n) is 6.27. The van der Waals surface area contributed by atoms with Gasteiger partial charge < -0.3 is 9.72 Å². The van der Waals surface area contributed by atoms with Crippen LogP contribution < -0.4 is 0 Å². The van der Waals surface area contributed by atoms with Gasteiger partial charge in [0.05, 0.1) is 6.61 Å². The van der Waals surface area contributed by atoms with Gasteiger partial charge in [-0.2, -0.15) is 0 Å². The summed E-state index contributed by atoms with van der Waals surface area (Å²) in [5.74, 6) is 1.68. The van der Waals surface area contributed by atoms with Gasteiger partial charge in [0.15, 0.2) is 11.0 Å². The van der Waals surface area contributed by atoms with Crippen LogP contribution in [0.4, 0.5) is 0 Å². The number of aromatic amines is 1. The molecule has 0 amide bonds. The first-order valence-electron chi connectivity index (χ1n) is 9.07. The van der Waals surface area contributed by atoms with E-state index >= 15 is 0 Å². The number of thioether (sulfide) groups is 1. The standard InChI is InChI=1S/C21H22N4OS/c1-3-26-11-12-27-21-24-23-20(25(21)16-8-6-7-15(2)13-16)18-14-22-19-10-5-4-9-17(18)19/h4-10,13-14,22H,3,11-12H2,1-2H3. The maximum Gasteiger partial charge on any atom is 0.196 e. The summed E-state index contributed by atoms with van der Waals surface area (Å²) in [6, 6.07) is 16.7. The Labute approximate surface area is 162 Å². The number of nitrogens with zero attached hydrogens (tertiary/aromatic N) is 3. The molecule has 0 aliphatic heterocycles. The highest BCUT2D eigenvalue weighted by atomic mass is 32.2. The summed E-state index contributed by atoms with van der Waals surface area (Å²) < 4.78 is 7.61. The molecule has 0 aliphatic carbocycles. The average molecular weight is 379 g/mol. The maximum absolute atomic E-state index is 5.47. The molecule has 2 heterocycles. The molecule has 0 saturated carbocycles. The van der Waals surface area contributed by atoms with Gasteiger partial charge in [-0.1, -0.05) is 42.1 Å². The molecular formula is C21H22N4OS. The van der Waals surface area contributed by atoms with Crippen LogP contribution in [0.3, 0.4) is 0 Å². The molecule has 0 atom stereocenters. The molecule has 0 spiro atoms. The summed E-state index contributed by atoms with van der Waals surface area (Å²) in [6.45, 7) is 5.53. The number of benzene rings is 2. The van der Waals surface area contributed by atoms with Crippen LogP contribution in [0.5, 0.6) is 0 Å². The number of ether oxygens (including phenoxy) is 1. The summed E-state index contributed by atoms with van der Waals surface area (Å²) in [4.78, 5) is 3.34. The number of rotatable bonds is 7. The molecule has 0 saturated heterocycles. The fourth-order valence-corrected chi connectivity index (χ4v) is 3.93. The Hall–Kier alpha value is -2.57. The van der Waals surface area contributed by atoms with Gasteiger partial charge >= 0.3 is 0 Å². The molecule has 1 N–H and O–H groups in total. The first-order chi connectivity index (χ1) is 13.3. The molecule has 0 unspecified atom stereocenters. The molecule has 4 rings (SSSR count). The Morgan fingerprint density at radius 1 is 1.11 bits per heavy atom. The molecule has 0 fully saturated rings. The number of hydrogen-bond acceptors (Lipinski definition) is 4. The fraction of sp³-hybridized carbons (Fsp3) is 0.238. The average Bonchev–Trinajstić information content (AvgIpc) is 3.29. The highest BCUT2D eigenvalue weighted by molar-refractivity contribution is 7.99. The van der Waals surface area contributed by atoms with E-state index in [2.05, 4.69) is 63.1 Å². The molecule has 5 nitrogen and oxygen atoms in total. The van der Waals surface area contributed by atoms with Crippen LogP contribution in [0, 0.1) is 6.92 Å². The van der Waals surface area contributed by atoms with Crippen molar-refractivity contribution in [2.24, 2.45) is 0 Å². The predicted molar refractivity (Wildman–Crippen MR) is 111 cm³/mol. The first kappa shape index (κ1) is 17.8. The van der Waals surface area contributed by atoms with Gasteiger partial charge in [0.25, 0.3) is 0 Å². The topological polar surface area (TPSA) is 55.7 Å². The number of hydrogen-bond donors (Lipinski definition) is 1. The van der Waals surface area contributed by atoms with E-state index in [9.17, 15) is 0 Å². The molecule has 2 aromatic carbocycles. The van der Waals surface area contributed by atoms with Crippen molar-refractivity contribution in [1.29, 1.82) is 0 Å². The van der Waals surface area contributed by atoms with E-state index in [1.54, 1.807) is 11.8 Å². The monoisotopic (exact) mass is 378 g/mol. The number of aromatic nitrogens is 4. The minimum Gasteiger partial charge on any atom is -0.381 e. The van der Waals surface area contributed by atoms with Gasteiger partial charge in [0, 0.05) is 40.7 Å². The summed E-state index contributed by atoms with van der Waals surface area (Å²) in [5.41, 5.74) is 4.42. The van der Waals surface area contributed by atoms with Crippen LogP contribution in [-0.2, 0) is 4.74 Å². The van der Waals surface area contributed by atoms with Gasteiger partial charge in [-0.3, -0.25) is 4.57 Å². The third-order valence-electron chi connectivity index (χ3n) is 4.39. The van der Waals surface area contributed by atoms with Crippen molar-refractivity contribution in [2.45, 2.75) is 19.0 Å². The lowest BCUT2D eigenvalue weighted by molar-refractivity contribution is 0.164. The Bertz CT molecular complexity index is 1050. The van der Waals surface area contributed by atoms with E-state index in [1.165, 1.54) is 5.56 Å². The van der Waals surface area contributed by atoms with Gasteiger partial charge in [0.2, 0.25) is 0 Å². The van der Waals surface area contributed by atoms with Crippen molar-refractivity contribution in [2.75, 3.05) is 19.0 Å². The molecule has 6 heteroatoms. The summed E-state index contributed by atoms with van der Waals surface area (Å²) in [7, 11) is 0. The smallest absolute Gasteiger partial charge is 0.196 e. The number of nitrogens with one attached hydrogen (secondary N) is 1. The second kappa shape index (κ2) is 7.98. The molecule has 4 aromatic rings. The van der Waals surface area contributed by atoms with E-state index in [-0.39, 0.29) is 0 Å². The van der Waals surface area contributed by atoms with Gasteiger partial charge in [0.1, 0.15) is 0 Å². The summed E-state index contributed by atoms with van der Waals surface area (Å²) in [5, 5.41) is 11.1. The largest absolute Gasteiger partial charge is 0.381 e. The lowest BCUT2D eigenvalue weighted by atomic mass is 10.1. The number of para-hydroxylation sites is 1. The lowest BCUT2D eigenvalue weighted by Crippen LogP contribution is -2.02. The van der Waals surface area contributed by atoms with Crippen LogP contribution in [-0.4, -0.2) is 38.7 Å². The number of aryl methyl sites for hydroxylation is 1. The van der Waals surface area contributed by atoms with Crippen molar-refractivity contribution >= 4 is 22.7 Å². The summed E-state index contributed by atoms with van der Waals surface area (Å²) >= 11 is 1.67. The highest BCUT2D eigenvalue weighted by Crippen LogP contribution is 2.32. The zero-order valence-electron chi connectivity index (χ0n) is 15.5. The van der Waals surface area contributed by atoms with Gasteiger partial charge in [-0.05, 0) is 37.6 Å². The molecule has 0 bridgehead atoms. The summed E-state index contributed by atoms with van der Waals surface area (Å²) in [6.07, 6.45) is 2.01. The van der Waals surface area contributed by atoms with E-state index in [0.717, 1.165) is 45.5 Å². The molecule has 0 radical (unpaired) electrons. The highest BCUT2D eigenvalue weighted by Gasteiger charge is 2.18. The van der Waals surface area contributed by atoms with Crippen molar-refractivity contribution in [3.8, 4) is 17.1 Å². The predicted octanol–water partition coefficient (Wildman–Crippen LogP) is 4.85. The van der Waals surface area contributed by atoms with Gasteiger partial charge in [-0.15, -0.1) is 10.2 Å². The normalized spacial score (nSPS) is 11.3. The third-order valence-corrected chi connectivity index (χ3v) is 5.28. The van der Waals surface area contributed by atoms with E-state index in [0.29, 0.717) is 6.61 Å². The van der Waals surface area contributed by atoms with Crippen molar-refractivity contribution < 1.29 is 4.74 Å². The Balaban J connectivity index is 1.80. The number of H-pyrrole nitrogens is 1. The van der Waals surface area contributed by atoms with Crippen molar-refractivity contribution in [3.05, 3.63) is 60.3 Å². The minimum atomic E-state index is 0.699. The van der Waals surface area contributed by atoms with Gasteiger partial charge in [-0.25, -0.2) is 0 Å². The molecular weight excluding hydrogens is 356 g/mol. The fourth-order valence-electron chi connectivity index (χ4n) is 3.13. The molecule has 2 aromatic heterocycles. The van der Waals surface area contributed by atoms with Crippen molar-refractivity contribution in [1.82, 2.24) is 19.7 Å². The van der Waals surface area contributed by atoms with E-state index < -0.39 is 0 Å². The van der Waals surface area contributed by atoms with Crippen LogP contribution >= 0.6 is 11.8 Å². The van der Waals surface area contributed by atoms with E-state index in [1.807, 2.05) is 25.3 Å². The quantitative estimate of drug-likeness (QED) is 0.369. The Morgan fingerprint density at radius 3 is 2.85 bits per heavy atom. The SMILES string of the molecule is CCOCCSc1nnc(-c2c[nH]c3ccccc23)n1-c1cccc(C)c1. The van der Waals surface area contributed by atoms with Crippen LogP contribution in [0.1, 0.15) is 12.5 Å². The van der Waals surface area contributed by atoms with Crippen LogP contribution in [0.15, 0.2) is 59.9 Å². The molecule has 27 heavy (non-hydrogen) atoms. The Morgan fingerprint density at radius 2 is 2.00 bits per heavy atom. The molecule has 138 valence electrons. The zero-order chi connectivity index (χ0) is 18.6. The number of fused-ring (bicyclic) bond motifs is 1. The maximum atomic E-state index is 5.47. The van der Waals surface area contributed by atoms with Crippen LogP contribution in [0.2, 0.25) is 0 Å². The zero-order valence-corrected chi connectivity index (χ0v) is 16.3. The van der Waals surface area contributed by atoms with E-state index in [4.69, 9.17) is 4.74 Å². The third kappa shape index (κ3) is 3.63. The van der Waals surface area contributed by atoms with Crippen LogP contribution in [0.25, 0.3) is 28.0 Å². The second-order valence-corrected chi connectivity index (χ2v) is 7.34. The Kier molecular flexibility index (Phi) is 5.27. The first-order valence-corrected chi connectivity index (χ1v) is 10.1. The van der Waals surface area contributed by atoms with Crippen molar-refractivity contribution in [3.63, 3.8) is 0 Å². The minimum absolute atomic E-state index is 0.699. The molecule has 0 aliphatic rings.